The zero-order valence-corrected chi connectivity index (χ0v) is 27.2. The van der Waals surface area contributed by atoms with E-state index in [-0.39, 0.29) is 5.41 Å². The van der Waals surface area contributed by atoms with Gasteiger partial charge in [0.05, 0.1) is 0 Å². The summed E-state index contributed by atoms with van der Waals surface area (Å²) in [7, 11) is 0. The molecule has 228 valence electrons. The average molecular weight is 614 g/mol. The van der Waals surface area contributed by atoms with Crippen LogP contribution in [-0.4, -0.2) is 0 Å². The number of hydrogen-bond acceptors (Lipinski definition) is 1. The highest BCUT2D eigenvalue weighted by Gasteiger charge is 2.38. The quantitative estimate of drug-likeness (QED) is 0.175. The van der Waals surface area contributed by atoms with Gasteiger partial charge >= 0.3 is 0 Å². The van der Waals surface area contributed by atoms with Crippen molar-refractivity contribution in [2.24, 2.45) is 0 Å². The first-order chi connectivity index (χ1) is 23.6. The Morgan fingerprint density at radius 3 is 1.85 bits per heavy atom. The lowest BCUT2D eigenvalue weighted by atomic mass is 9.77. The molecule has 0 N–H and O–H groups in total. The molecule has 1 heteroatoms. The minimum Gasteiger partial charge on any atom is -0.310 e. The van der Waals surface area contributed by atoms with Crippen LogP contribution in [-0.2, 0) is 5.41 Å². The highest BCUT2D eigenvalue weighted by molar-refractivity contribution is 6.17. The molecule has 1 nitrogen and oxygen atoms in total. The summed E-state index contributed by atoms with van der Waals surface area (Å²) in [6, 6.07) is 64.2. The summed E-state index contributed by atoms with van der Waals surface area (Å²) in [5, 5.41) is 5.18. The van der Waals surface area contributed by atoms with E-state index in [0.29, 0.717) is 0 Å². The third-order valence-corrected chi connectivity index (χ3v) is 10.2. The fraction of sp³-hybridized carbons (Fsp3) is 0.0638. The molecule has 0 bridgehead atoms. The predicted molar refractivity (Wildman–Crippen MR) is 205 cm³/mol. The number of benzene rings is 8. The van der Waals surface area contributed by atoms with Crippen LogP contribution in [0.1, 0.15) is 25.0 Å². The lowest BCUT2D eigenvalue weighted by Gasteiger charge is -2.28. The van der Waals surface area contributed by atoms with Crippen LogP contribution in [0.15, 0.2) is 176 Å². The van der Waals surface area contributed by atoms with E-state index in [0.717, 1.165) is 17.1 Å². The number of rotatable bonds is 5. The summed E-state index contributed by atoms with van der Waals surface area (Å²) in [5.74, 6) is 0. The summed E-state index contributed by atoms with van der Waals surface area (Å²) in [6.07, 6.45) is 0. The van der Waals surface area contributed by atoms with Crippen molar-refractivity contribution < 1.29 is 0 Å². The molecular formula is C47H35N. The Balaban J connectivity index is 1.26. The van der Waals surface area contributed by atoms with Crippen LogP contribution >= 0.6 is 0 Å². The highest BCUT2D eigenvalue weighted by Crippen LogP contribution is 2.55. The largest absolute Gasteiger partial charge is 0.310 e. The van der Waals surface area contributed by atoms with E-state index in [1.54, 1.807) is 0 Å². The van der Waals surface area contributed by atoms with Crippen LogP contribution in [0.25, 0.3) is 54.9 Å². The third-order valence-electron chi connectivity index (χ3n) is 10.2. The lowest BCUT2D eigenvalue weighted by molar-refractivity contribution is 0.663. The minimum atomic E-state index is -0.140. The molecule has 8 aromatic rings. The first-order valence-corrected chi connectivity index (χ1v) is 16.8. The topological polar surface area (TPSA) is 3.24 Å². The van der Waals surface area contributed by atoms with Crippen molar-refractivity contribution >= 4 is 38.6 Å². The Labute approximate surface area is 282 Å². The molecule has 0 aromatic heterocycles. The average Bonchev–Trinajstić information content (AvgIpc) is 3.38. The molecular weight excluding hydrogens is 579 g/mol. The number of anilines is 3. The van der Waals surface area contributed by atoms with Crippen molar-refractivity contribution in [2.45, 2.75) is 19.3 Å². The van der Waals surface area contributed by atoms with Gasteiger partial charge in [0.1, 0.15) is 0 Å². The second-order valence-electron chi connectivity index (χ2n) is 13.4. The third kappa shape index (κ3) is 4.47. The molecule has 0 radical (unpaired) electrons. The number of para-hydroxylation sites is 1. The second-order valence-corrected chi connectivity index (χ2v) is 13.4. The van der Waals surface area contributed by atoms with Crippen molar-refractivity contribution in [1.82, 2.24) is 0 Å². The van der Waals surface area contributed by atoms with Gasteiger partial charge in [-0.2, -0.15) is 0 Å². The van der Waals surface area contributed by atoms with Gasteiger partial charge in [0.2, 0.25) is 0 Å². The molecule has 48 heavy (non-hydrogen) atoms. The fourth-order valence-electron chi connectivity index (χ4n) is 7.98. The Morgan fingerprint density at radius 1 is 0.417 bits per heavy atom. The number of fused-ring (bicyclic) bond motifs is 6. The molecule has 1 aliphatic carbocycles. The van der Waals surface area contributed by atoms with E-state index in [4.69, 9.17) is 0 Å². The Hall–Kier alpha value is -5.92. The molecule has 1 aliphatic rings. The first kappa shape index (κ1) is 28.3. The highest BCUT2D eigenvalue weighted by atomic mass is 15.1. The van der Waals surface area contributed by atoms with Gasteiger partial charge < -0.3 is 4.90 Å². The maximum absolute atomic E-state index is 2.43. The monoisotopic (exact) mass is 613 g/mol. The van der Waals surface area contributed by atoms with Crippen LogP contribution in [0, 0.1) is 0 Å². The Kier molecular flexibility index (Phi) is 6.55. The molecule has 0 fully saturated rings. The molecule has 0 spiro atoms. The van der Waals surface area contributed by atoms with E-state index >= 15 is 0 Å². The molecule has 9 rings (SSSR count). The lowest BCUT2D eigenvalue weighted by Crippen LogP contribution is -2.16. The molecule has 0 amide bonds. The molecule has 0 aliphatic heterocycles. The van der Waals surface area contributed by atoms with Gasteiger partial charge in [0.25, 0.3) is 0 Å². The van der Waals surface area contributed by atoms with Gasteiger partial charge in [0.15, 0.2) is 0 Å². The van der Waals surface area contributed by atoms with E-state index in [2.05, 4.69) is 195 Å². The van der Waals surface area contributed by atoms with Gasteiger partial charge in [-0.3, -0.25) is 0 Å². The van der Waals surface area contributed by atoms with E-state index in [1.165, 1.54) is 66.1 Å². The molecule has 0 saturated carbocycles. The van der Waals surface area contributed by atoms with Crippen LogP contribution in [0.4, 0.5) is 17.1 Å². The standard InChI is InChI=1S/C47H35N/c1-47(2)43-23-12-11-22-41(43)42-31-36-25-24-33-16-9-10-21-40(33)44(36)45(46(42)47)34-26-28-38(29-27-34)48(37-18-7-4-8-19-37)39-20-13-17-35(30-39)32-14-5-3-6-15-32/h3-31H,1-2H3. The molecule has 8 aromatic carbocycles. The van der Waals surface area contributed by atoms with Gasteiger partial charge in [-0.25, -0.2) is 0 Å². The zero-order chi connectivity index (χ0) is 32.2. The van der Waals surface area contributed by atoms with E-state index < -0.39 is 0 Å². The van der Waals surface area contributed by atoms with Gasteiger partial charge in [-0.05, 0) is 109 Å². The Bertz CT molecular complexity index is 2460. The van der Waals surface area contributed by atoms with E-state index in [9.17, 15) is 0 Å². The summed E-state index contributed by atoms with van der Waals surface area (Å²) in [4.78, 5) is 2.36. The molecule has 0 heterocycles. The van der Waals surface area contributed by atoms with Crippen LogP contribution in [0.2, 0.25) is 0 Å². The van der Waals surface area contributed by atoms with Gasteiger partial charge in [-0.1, -0.05) is 147 Å². The van der Waals surface area contributed by atoms with Crippen molar-refractivity contribution in [1.29, 1.82) is 0 Å². The van der Waals surface area contributed by atoms with Gasteiger partial charge in [-0.15, -0.1) is 0 Å². The fourth-order valence-corrected chi connectivity index (χ4v) is 7.98. The second kappa shape index (κ2) is 11.1. The summed E-state index contributed by atoms with van der Waals surface area (Å²) in [5.41, 5.74) is 13.7. The molecule has 0 atom stereocenters. The van der Waals surface area contributed by atoms with Gasteiger partial charge in [0, 0.05) is 22.5 Å². The predicted octanol–water partition coefficient (Wildman–Crippen LogP) is 13.1. The summed E-state index contributed by atoms with van der Waals surface area (Å²) in [6.45, 7) is 4.78. The summed E-state index contributed by atoms with van der Waals surface area (Å²) < 4.78 is 0. The maximum atomic E-state index is 2.43. The number of nitrogens with zero attached hydrogens (tertiary/aromatic N) is 1. The van der Waals surface area contributed by atoms with Crippen molar-refractivity contribution in [3.05, 3.63) is 187 Å². The Morgan fingerprint density at radius 2 is 1.04 bits per heavy atom. The van der Waals surface area contributed by atoms with Crippen LogP contribution in [0.5, 0.6) is 0 Å². The maximum Gasteiger partial charge on any atom is 0.0467 e. The number of hydrogen-bond donors (Lipinski definition) is 0. The van der Waals surface area contributed by atoms with Crippen LogP contribution < -0.4 is 4.90 Å². The zero-order valence-electron chi connectivity index (χ0n) is 27.2. The van der Waals surface area contributed by atoms with Crippen molar-refractivity contribution in [3.63, 3.8) is 0 Å². The van der Waals surface area contributed by atoms with E-state index in [1.807, 2.05) is 0 Å². The molecule has 0 unspecified atom stereocenters. The summed E-state index contributed by atoms with van der Waals surface area (Å²) >= 11 is 0. The minimum absolute atomic E-state index is 0.140. The van der Waals surface area contributed by atoms with Crippen molar-refractivity contribution in [3.8, 4) is 33.4 Å². The van der Waals surface area contributed by atoms with Crippen molar-refractivity contribution in [2.75, 3.05) is 4.90 Å². The first-order valence-electron chi connectivity index (χ1n) is 16.8. The smallest absolute Gasteiger partial charge is 0.0467 e. The van der Waals surface area contributed by atoms with Crippen LogP contribution in [0.3, 0.4) is 0 Å². The normalized spacial score (nSPS) is 13.0. The molecule has 0 saturated heterocycles. The SMILES string of the molecule is CC1(C)c2ccccc2-c2cc3ccc4ccccc4c3c(-c3ccc(N(c4ccccc4)c4cccc(-c5ccccc5)c4)cc3)c21.